The molecule has 1 aromatic rings. The molecule has 0 aliphatic heterocycles. The monoisotopic (exact) mass is 287 g/mol. The van der Waals surface area contributed by atoms with E-state index in [0.717, 1.165) is 11.8 Å². The number of alkyl halides is 2. The molecular formula is C11H11F2N3S2. The molecule has 0 unspecified atom stereocenters. The summed E-state index contributed by atoms with van der Waals surface area (Å²) in [6.45, 7) is 0. The second-order valence-corrected chi connectivity index (χ2v) is 4.88. The van der Waals surface area contributed by atoms with Gasteiger partial charge in [-0.25, -0.2) is 13.8 Å². The molecule has 0 heterocycles. The lowest BCUT2D eigenvalue weighted by atomic mass is 10.3. The van der Waals surface area contributed by atoms with Crippen LogP contribution in [0.3, 0.4) is 0 Å². The number of nitrogens with zero attached hydrogens (tertiary/aromatic N) is 2. The molecule has 0 aliphatic rings. The first-order valence-corrected chi connectivity index (χ1v) is 7.16. The topological polar surface area (TPSA) is 48.2 Å². The molecule has 0 fully saturated rings. The third-order valence-corrected chi connectivity index (χ3v) is 3.46. The van der Waals surface area contributed by atoms with Gasteiger partial charge in [-0.15, -0.1) is 11.8 Å². The lowest BCUT2D eigenvalue weighted by Crippen LogP contribution is -2.12. The second-order valence-electron chi connectivity index (χ2n) is 3.03. The van der Waals surface area contributed by atoms with Gasteiger partial charge in [0.15, 0.2) is 11.4 Å². The van der Waals surface area contributed by atoms with E-state index in [-0.39, 0.29) is 5.75 Å². The van der Waals surface area contributed by atoms with E-state index < -0.39 is 6.43 Å². The Morgan fingerprint density at radius 1 is 1.50 bits per heavy atom. The van der Waals surface area contributed by atoms with Crippen LogP contribution in [-0.4, -0.2) is 23.6 Å². The van der Waals surface area contributed by atoms with Crippen molar-refractivity contribution in [2.45, 2.75) is 11.3 Å². The Bertz CT molecular complexity index is 458. The van der Waals surface area contributed by atoms with Crippen LogP contribution in [0, 0.1) is 11.5 Å². The van der Waals surface area contributed by atoms with Crippen LogP contribution in [0.15, 0.2) is 34.2 Å². The first-order valence-electron chi connectivity index (χ1n) is 4.95. The summed E-state index contributed by atoms with van der Waals surface area (Å²) in [5.41, 5.74) is 0.579. The Hall–Kier alpha value is -1.26. The van der Waals surface area contributed by atoms with E-state index >= 15 is 0 Å². The SMILES string of the molecule is CSC(=Nc1ccccc1SCC(F)F)NC#N. The Morgan fingerprint density at radius 3 is 2.83 bits per heavy atom. The predicted octanol–water partition coefficient (Wildman–Crippen LogP) is 3.46. The van der Waals surface area contributed by atoms with Gasteiger partial charge >= 0.3 is 0 Å². The number of benzene rings is 1. The van der Waals surface area contributed by atoms with Gasteiger partial charge in [0.25, 0.3) is 0 Å². The number of nitriles is 1. The van der Waals surface area contributed by atoms with Crippen LogP contribution in [0.1, 0.15) is 0 Å². The van der Waals surface area contributed by atoms with Crippen LogP contribution in [0.25, 0.3) is 0 Å². The largest absolute Gasteiger partial charge is 0.271 e. The fourth-order valence-electron chi connectivity index (χ4n) is 1.11. The number of para-hydroxylation sites is 1. The lowest BCUT2D eigenvalue weighted by molar-refractivity contribution is 0.177. The Labute approximate surface area is 113 Å². The fraction of sp³-hybridized carbons (Fsp3) is 0.273. The third kappa shape index (κ3) is 4.94. The first kappa shape index (κ1) is 14.8. The van der Waals surface area contributed by atoms with Gasteiger partial charge in [0, 0.05) is 4.90 Å². The van der Waals surface area contributed by atoms with Gasteiger partial charge in [-0.05, 0) is 18.4 Å². The molecule has 18 heavy (non-hydrogen) atoms. The molecule has 0 aliphatic carbocycles. The standard InChI is InChI=1S/C11H11F2N3S2/c1-17-11(15-7-14)16-8-4-2-3-5-9(8)18-6-10(12)13/h2-5,10H,6H2,1H3,(H,15,16). The van der Waals surface area contributed by atoms with Gasteiger partial charge in [0.2, 0.25) is 6.43 Å². The van der Waals surface area contributed by atoms with Crippen molar-refractivity contribution < 1.29 is 8.78 Å². The van der Waals surface area contributed by atoms with Crippen molar-refractivity contribution in [2.75, 3.05) is 12.0 Å². The number of halogens is 2. The van der Waals surface area contributed by atoms with Crippen molar-refractivity contribution in [3.63, 3.8) is 0 Å². The van der Waals surface area contributed by atoms with Gasteiger partial charge < -0.3 is 0 Å². The number of nitrogens with one attached hydrogen (secondary N) is 1. The molecule has 3 nitrogen and oxygen atoms in total. The molecule has 0 bridgehead atoms. The highest BCUT2D eigenvalue weighted by Gasteiger charge is 2.07. The maximum atomic E-state index is 12.2. The van der Waals surface area contributed by atoms with Gasteiger partial charge in [0.05, 0.1) is 11.4 Å². The summed E-state index contributed by atoms with van der Waals surface area (Å²) in [6.07, 6.45) is 1.20. The van der Waals surface area contributed by atoms with Crippen molar-refractivity contribution in [2.24, 2.45) is 4.99 Å². The molecule has 0 saturated heterocycles. The zero-order chi connectivity index (χ0) is 13.4. The smallest absolute Gasteiger partial charge is 0.247 e. The number of hydrogen-bond acceptors (Lipinski definition) is 4. The van der Waals surface area contributed by atoms with Crippen molar-refractivity contribution in [3.05, 3.63) is 24.3 Å². The Morgan fingerprint density at radius 2 is 2.22 bits per heavy atom. The number of hydrogen-bond donors (Lipinski definition) is 1. The van der Waals surface area contributed by atoms with E-state index in [1.165, 1.54) is 11.8 Å². The molecule has 0 aromatic heterocycles. The molecule has 0 radical (unpaired) electrons. The van der Waals surface area contributed by atoms with Gasteiger partial charge in [-0.3, -0.25) is 5.32 Å². The number of amidine groups is 1. The van der Waals surface area contributed by atoms with Crippen molar-refractivity contribution in [1.82, 2.24) is 5.32 Å². The van der Waals surface area contributed by atoms with Gasteiger partial charge in [0.1, 0.15) is 0 Å². The molecule has 7 heteroatoms. The highest BCUT2D eigenvalue weighted by Crippen LogP contribution is 2.30. The number of thioether (sulfide) groups is 2. The maximum absolute atomic E-state index is 12.2. The number of rotatable bonds is 4. The van der Waals surface area contributed by atoms with E-state index in [2.05, 4.69) is 10.3 Å². The maximum Gasteiger partial charge on any atom is 0.247 e. The Balaban J connectivity index is 2.91. The Kier molecular flexibility index (Phi) is 6.54. The minimum atomic E-state index is -2.36. The fourth-order valence-corrected chi connectivity index (χ4v) is 2.19. The minimum Gasteiger partial charge on any atom is -0.271 e. The highest BCUT2D eigenvalue weighted by molar-refractivity contribution is 8.13. The summed E-state index contributed by atoms with van der Waals surface area (Å²) in [7, 11) is 0. The van der Waals surface area contributed by atoms with Gasteiger partial charge in [-0.2, -0.15) is 5.26 Å². The lowest BCUT2D eigenvalue weighted by Gasteiger charge is -2.06. The van der Waals surface area contributed by atoms with E-state index in [0.29, 0.717) is 15.8 Å². The highest BCUT2D eigenvalue weighted by atomic mass is 32.2. The van der Waals surface area contributed by atoms with E-state index in [1.54, 1.807) is 36.7 Å². The van der Waals surface area contributed by atoms with Crippen molar-refractivity contribution in [3.8, 4) is 6.19 Å². The molecular weight excluding hydrogens is 276 g/mol. The van der Waals surface area contributed by atoms with Crippen LogP contribution in [0.5, 0.6) is 0 Å². The molecule has 1 aromatic carbocycles. The average molecular weight is 287 g/mol. The van der Waals surface area contributed by atoms with E-state index in [9.17, 15) is 8.78 Å². The molecule has 0 saturated carbocycles. The summed E-state index contributed by atoms with van der Waals surface area (Å²) < 4.78 is 24.4. The molecule has 0 amide bonds. The van der Waals surface area contributed by atoms with E-state index in [4.69, 9.17) is 5.26 Å². The summed E-state index contributed by atoms with van der Waals surface area (Å²) in [5.74, 6) is -0.271. The molecule has 0 spiro atoms. The van der Waals surface area contributed by atoms with Crippen LogP contribution in [0.2, 0.25) is 0 Å². The minimum absolute atomic E-state index is 0.271. The molecule has 1 rings (SSSR count). The zero-order valence-corrected chi connectivity index (χ0v) is 11.2. The van der Waals surface area contributed by atoms with Crippen LogP contribution in [0.4, 0.5) is 14.5 Å². The van der Waals surface area contributed by atoms with Crippen molar-refractivity contribution >= 4 is 34.4 Å². The average Bonchev–Trinajstić information content (AvgIpc) is 2.37. The van der Waals surface area contributed by atoms with Crippen LogP contribution < -0.4 is 5.32 Å². The summed E-state index contributed by atoms with van der Waals surface area (Å²) in [6, 6.07) is 7.00. The first-order chi connectivity index (χ1) is 8.67. The van der Waals surface area contributed by atoms with Crippen LogP contribution in [-0.2, 0) is 0 Å². The summed E-state index contributed by atoms with van der Waals surface area (Å²) in [4.78, 5) is 4.90. The van der Waals surface area contributed by atoms with Crippen molar-refractivity contribution in [1.29, 1.82) is 5.26 Å². The summed E-state index contributed by atoms with van der Waals surface area (Å²) in [5, 5.41) is 11.4. The molecule has 96 valence electrons. The summed E-state index contributed by atoms with van der Waals surface area (Å²) >= 11 is 2.33. The normalized spacial score (nSPS) is 11.4. The van der Waals surface area contributed by atoms with Gasteiger partial charge in [-0.1, -0.05) is 23.9 Å². The zero-order valence-electron chi connectivity index (χ0n) is 9.56. The van der Waals surface area contributed by atoms with Crippen LogP contribution >= 0.6 is 23.5 Å². The molecule has 0 atom stereocenters. The van der Waals surface area contributed by atoms with E-state index in [1.807, 2.05) is 0 Å². The third-order valence-electron chi connectivity index (χ3n) is 1.81. The molecule has 1 N–H and O–H groups in total. The predicted molar refractivity (Wildman–Crippen MR) is 72.5 cm³/mol. The second kappa shape index (κ2) is 7.95. The quantitative estimate of drug-likeness (QED) is 0.303. The number of aliphatic imine (C=N–C) groups is 1.